The molecule has 3 aromatic carbocycles. The van der Waals surface area contributed by atoms with E-state index in [0.29, 0.717) is 33.7 Å². The molecule has 2 aliphatic heterocycles. The molecule has 7 rings (SSSR count). The normalized spacial score (nSPS) is 20.3. The third-order valence-corrected chi connectivity index (χ3v) is 10.7. The van der Waals surface area contributed by atoms with Gasteiger partial charge in [-0.05, 0) is 74.5 Å². The van der Waals surface area contributed by atoms with E-state index in [1.165, 1.54) is 24.1 Å². The average Bonchev–Trinajstić information content (AvgIpc) is 3.91. The Morgan fingerprint density at radius 3 is 2.19 bits per heavy atom. The van der Waals surface area contributed by atoms with Crippen molar-refractivity contribution in [3.63, 3.8) is 0 Å². The highest BCUT2D eigenvalue weighted by Crippen LogP contribution is 2.41. The quantitative estimate of drug-likeness (QED) is 0.158. The van der Waals surface area contributed by atoms with E-state index in [4.69, 9.17) is 51.7 Å². The Balaban J connectivity index is 0.913. The average molecular weight is 802 g/mol. The van der Waals surface area contributed by atoms with Crippen molar-refractivity contribution in [1.82, 2.24) is 29.1 Å². The molecule has 4 heterocycles. The lowest BCUT2D eigenvalue weighted by atomic mass is 10.1. The van der Waals surface area contributed by atoms with Gasteiger partial charge in [-0.2, -0.15) is 10.2 Å². The summed E-state index contributed by atoms with van der Waals surface area (Å²) in [4.78, 5) is 40.0. The molecular weight excluding hydrogens is 762 g/mol. The molecule has 286 valence electrons. The number of halogens is 2. The number of aromatic nitrogens is 6. The van der Waals surface area contributed by atoms with Gasteiger partial charge in [-0.15, -0.1) is 0 Å². The summed E-state index contributed by atoms with van der Waals surface area (Å²) in [6.07, 6.45) is 3.12. The molecule has 4 atom stereocenters. The number of phosphoric acid groups is 1. The maximum absolute atomic E-state index is 13.1. The summed E-state index contributed by atoms with van der Waals surface area (Å²) in [5.41, 5.74) is 2.94. The van der Waals surface area contributed by atoms with Crippen molar-refractivity contribution in [3.05, 3.63) is 112 Å². The summed E-state index contributed by atoms with van der Waals surface area (Å²) >= 11 is 12.7. The van der Waals surface area contributed by atoms with Gasteiger partial charge in [0.25, 0.3) is 0 Å². The van der Waals surface area contributed by atoms with Crippen LogP contribution < -0.4 is 20.2 Å². The number of nitrogens with zero attached hydrogens (tertiary/aromatic N) is 8. The van der Waals surface area contributed by atoms with Crippen molar-refractivity contribution in [2.24, 2.45) is 0 Å². The third-order valence-electron chi connectivity index (χ3n) is 9.51. The summed E-state index contributed by atoms with van der Waals surface area (Å²) < 4.78 is 39.0. The summed E-state index contributed by atoms with van der Waals surface area (Å²) in [7, 11) is -4.71. The molecule has 2 N–H and O–H groups in total. The third kappa shape index (κ3) is 8.51. The van der Waals surface area contributed by atoms with Crippen LogP contribution in [0.25, 0.3) is 5.69 Å². The van der Waals surface area contributed by atoms with Crippen LogP contribution in [0.4, 0.5) is 11.4 Å². The van der Waals surface area contributed by atoms with E-state index < -0.39 is 31.4 Å². The predicted octanol–water partition coefficient (Wildman–Crippen LogP) is 4.67. The first-order chi connectivity index (χ1) is 25.9. The van der Waals surface area contributed by atoms with Gasteiger partial charge in [-0.25, -0.2) is 28.3 Å². The van der Waals surface area contributed by atoms with E-state index in [1.54, 1.807) is 36.1 Å². The zero-order chi connectivity index (χ0) is 38.0. The van der Waals surface area contributed by atoms with Crippen LogP contribution in [0, 0.1) is 0 Å². The maximum atomic E-state index is 13.1. The zero-order valence-corrected chi connectivity index (χ0v) is 31.8. The smallest absolute Gasteiger partial charge is 0.469 e. The van der Waals surface area contributed by atoms with Crippen molar-refractivity contribution in [2.75, 3.05) is 49.2 Å². The number of piperazine rings is 1. The maximum Gasteiger partial charge on any atom is 0.469 e. The predicted molar refractivity (Wildman–Crippen MR) is 200 cm³/mol. The minimum Gasteiger partial charge on any atom is -0.491 e. The second kappa shape index (κ2) is 15.8. The molecule has 0 radical (unpaired) electrons. The Labute approximate surface area is 320 Å². The number of rotatable bonds is 13. The Morgan fingerprint density at radius 1 is 0.926 bits per heavy atom. The number of phosphoric ester groups is 1. The monoisotopic (exact) mass is 800 g/mol. The van der Waals surface area contributed by atoms with Crippen molar-refractivity contribution >= 4 is 42.4 Å². The first kappa shape index (κ1) is 38.0. The summed E-state index contributed by atoms with van der Waals surface area (Å²) in [6.45, 7) is 7.13. The standard InChI is InChI=1S/C35H39Cl2N8O8P/c1-24(25(2)53-54(47,48)49)45-34(46)44(23-40-45)29-6-4-27(5-7-29)41-13-15-42(16-14-41)28-8-10-30(11-9-28)50-18-31-19-51-35(52-31,20-43-22-38-21-39-43)32-12-3-26(36)17-33(32)37/h3-12,17,21-25,31H,13-16,18-20H2,1-2H3,(H2,47,48,49)/t24-,25-,31+,35+/m1/s1. The van der Waals surface area contributed by atoms with E-state index in [2.05, 4.69) is 25.0 Å². The van der Waals surface area contributed by atoms with Crippen LogP contribution in [0.5, 0.6) is 5.75 Å². The molecule has 0 spiro atoms. The zero-order valence-electron chi connectivity index (χ0n) is 29.4. The molecule has 0 saturated carbocycles. The summed E-state index contributed by atoms with van der Waals surface area (Å²) in [6, 6.07) is 20.1. The fourth-order valence-corrected chi connectivity index (χ4v) is 7.71. The van der Waals surface area contributed by atoms with Crippen LogP contribution >= 0.6 is 31.0 Å². The van der Waals surface area contributed by atoms with Crippen molar-refractivity contribution < 1.29 is 33.1 Å². The van der Waals surface area contributed by atoms with Gasteiger partial charge in [0.2, 0.25) is 5.79 Å². The first-order valence-corrected chi connectivity index (χ1v) is 19.5. The molecule has 0 bridgehead atoms. The molecule has 2 fully saturated rings. The lowest BCUT2D eigenvalue weighted by Crippen LogP contribution is -2.46. The van der Waals surface area contributed by atoms with Crippen LogP contribution in [0.15, 0.2) is 90.5 Å². The van der Waals surface area contributed by atoms with Gasteiger partial charge in [-0.1, -0.05) is 29.3 Å². The molecule has 0 aliphatic carbocycles. The first-order valence-electron chi connectivity index (χ1n) is 17.2. The van der Waals surface area contributed by atoms with E-state index in [-0.39, 0.29) is 19.3 Å². The van der Waals surface area contributed by atoms with E-state index in [0.717, 1.165) is 42.2 Å². The topological polar surface area (TPSA) is 171 Å². The van der Waals surface area contributed by atoms with Crippen LogP contribution in [0.1, 0.15) is 25.5 Å². The summed E-state index contributed by atoms with van der Waals surface area (Å²) in [5, 5.41) is 9.30. The van der Waals surface area contributed by atoms with Crippen molar-refractivity contribution in [2.45, 2.75) is 44.4 Å². The molecule has 2 aliphatic rings. The Bertz CT molecular complexity index is 2140. The molecule has 16 nitrogen and oxygen atoms in total. The fraction of sp³-hybridized carbons (Fsp3) is 0.371. The Morgan fingerprint density at radius 2 is 1.57 bits per heavy atom. The van der Waals surface area contributed by atoms with Gasteiger partial charge >= 0.3 is 13.5 Å². The van der Waals surface area contributed by atoms with Gasteiger partial charge in [0.15, 0.2) is 0 Å². The summed E-state index contributed by atoms with van der Waals surface area (Å²) in [5.74, 6) is -0.475. The number of ether oxygens (including phenoxy) is 3. The van der Waals surface area contributed by atoms with Crippen molar-refractivity contribution in [1.29, 1.82) is 0 Å². The van der Waals surface area contributed by atoms with E-state index in [1.807, 2.05) is 48.5 Å². The lowest BCUT2D eigenvalue weighted by Gasteiger charge is -2.37. The Hall–Kier alpha value is -4.25. The molecule has 0 unspecified atom stereocenters. The number of anilines is 2. The highest BCUT2D eigenvalue weighted by molar-refractivity contribution is 7.46. The van der Waals surface area contributed by atoms with Gasteiger partial charge < -0.3 is 33.8 Å². The van der Waals surface area contributed by atoms with Crippen LogP contribution in [0.3, 0.4) is 0 Å². The van der Waals surface area contributed by atoms with Crippen LogP contribution in [0.2, 0.25) is 10.0 Å². The second-order valence-electron chi connectivity index (χ2n) is 13.1. The van der Waals surface area contributed by atoms with Crippen molar-refractivity contribution in [3.8, 4) is 11.4 Å². The fourth-order valence-electron chi connectivity index (χ4n) is 6.55. The Kier molecular flexibility index (Phi) is 11.2. The molecule has 54 heavy (non-hydrogen) atoms. The molecule has 19 heteroatoms. The number of benzene rings is 3. The van der Waals surface area contributed by atoms with E-state index >= 15 is 0 Å². The number of hydrogen-bond acceptors (Lipinski definition) is 11. The number of hydrogen-bond donors (Lipinski definition) is 2. The highest BCUT2D eigenvalue weighted by Gasteiger charge is 2.45. The lowest BCUT2D eigenvalue weighted by molar-refractivity contribution is -0.190. The van der Waals surface area contributed by atoms with Crippen LogP contribution in [-0.4, -0.2) is 90.5 Å². The molecular formula is C35H39Cl2N8O8P. The van der Waals surface area contributed by atoms with Gasteiger partial charge in [0, 0.05) is 48.1 Å². The van der Waals surface area contributed by atoms with Crippen LogP contribution in [-0.2, 0) is 30.9 Å². The molecule has 5 aromatic rings. The molecule has 0 amide bonds. The highest BCUT2D eigenvalue weighted by atomic mass is 35.5. The SMILES string of the molecule is C[C@H]([C@@H](C)OP(=O)(O)O)n1ncn(-c2ccc(N3CCN(c4ccc(OC[C@H]5CO[C@](Cn6cncn6)(c6ccc(Cl)cc6Cl)O5)cc4)CC3)cc2)c1=O. The molecule has 2 aromatic heterocycles. The molecule has 2 saturated heterocycles. The largest absolute Gasteiger partial charge is 0.491 e. The van der Waals surface area contributed by atoms with E-state index in [9.17, 15) is 9.36 Å². The minimum atomic E-state index is -4.71. The van der Waals surface area contributed by atoms with Gasteiger partial charge in [0.1, 0.15) is 44.0 Å². The second-order valence-corrected chi connectivity index (χ2v) is 15.1. The van der Waals surface area contributed by atoms with Gasteiger partial charge in [-0.3, -0.25) is 4.52 Å². The minimum absolute atomic E-state index is 0.245. The van der Waals surface area contributed by atoms with Gasteiger partial charge in [0.05, 0.1) is 29.5 Å².